The summed E-state index contributed by atoms with van der Waals surface area (Å²) in [5.74, 6) is -0.338. The van der Waals surface area contributed by atoms with Crippen LogP contribution in [0.15, 0.2) is 18.2 Å². The Balaban J connectivity index is 1.86. The molecule has 0 spiro atoms. The number of thiazole rings is 1. The van der Waals surface area contributed by atoms with Crippen molar-refractivity contribution < 1.29 is 9.18 Å². The van der Waals surface area contributed by atoms with Gasteiger partial charge >= 0.3 is 0 Å². The summed E-state index contributed by atoms with van der Waals surface area (Å²) in [4.78, 5) is 20.1. The van der Waals surface area contributed by atoms with Crippen LogP contribution in [0.5, 0.6) is 0 Å². The summed E-state index contributed by atoms with van der Waals surface area (Å²) in [5, 5.41) is 4.68. The molecule has 4 rings (SSSR count). The maximum Gasteiger partial charge on any atom is 0.221 e. The van der Waals surface area contributed by atoms with Crippen molar-refractivity contribution in [1.29, 1.82) is 0 Å². The van der Waals surface area contributed by atoms with E-state index in [1.54, 1.807) is 17.4 Å². The molecule has 1 N–H and O–H groups in total. The average Bonchev–Trinajstić information content (AvgIpc) is 3.13. The third kappa shape index (κ3) is 3.07. The van der Waals surface area contributed by atoms with Crippen LogP contribution in [-0.4, -0.2) is 28.9 Å². The fourth-order valence-corrected chi connectivity index (χ4v) is 5.68. The molecule has 0 atom stereocenters. The van der Waals surface area contributed by atoms with Gasteiger partial charge in [-0.15, -0.1) is 22.7 Å². The first-order valence-corrected chi connectivity index (χ1v) is 9.89. The van der Waals surface area contributed by atoms with Gasteiger partial charge < -0.3 is 5.32 Å². The average molecular weight is 375 g/mol. The second kappa shape index (κ2) is 6.48. The number of nitrogens with one attached hydrogen (secondary N) is 1. The zero-order chi connectivity index (χ0) is 17.6. The monoisotopic (exact) mass is 375 g/mol. The molecule has 3 aromatic rings. The van der Waals surface area contributed by atoms with Crippen molar-refractivity contribution in [3.8, 4) is 10.6 Å². The Labute approximate surface area is 153 Å². The Morgan fingerprint density at radius 2 is 2.24 bits per heavy atom. The van der Waals surface area contributed by atoms with Crippen LogP contribution in [0.4, 0.5) is 9.39 Å². The van der Waals surface area contributed by atoms with Gasteiger partial charge in [0.25, 0.3) is 0 Å². The third-order valence-electron chi connectivity index (χ3n) is 4.44. The molecule has 4 nitrogen and oxygen atoms in total. The SMILES string of the molecule is CCN1CCc2c(sc(NC(C)=O)c2-c2nc3ccc(F)cc3s2)C1. The molecule has 130 valence electrons. The van der Waals surface area contributed by atoms with Crippen molar-refractivity contribution in [2.75, 3.05) is 18.4 Å². The van der Waals surface area contributed by atoms with Crippen LogP contribution in [0.1, 0.15) is 24.3 Å². The van der Waals surface area contributed by atoms with E-state index in [0.29, 0.717) is 0 Å². The lowest BCUT2D eigenvalue weighted by Gasteiger charge is -2.25. The van der Waals surface area contributed by atoms with Gasteiger partial charge in [0.1, 0.15) is 15.8 Å². The zero-order valence-electron chi connectivity index (χ0n) is 14.1. The highest BCUT2D eigenvalue weighted by Crippen LogP contribution is 2.45. The number of fused-ring (bicyclic) bond motifs is 2. The molecule has 0 bridgehead atoms. The van der Waals surface area contributed by atoms with E-state index in [4.69, 9.17) is 4.98 Å². The fraction of sp³-hybridized carbons (Fsp3) is 0.333. The van der Waals surface area contributed by atoms with Crippen LogP contribution in [0.2, 0.25) is 0 Å². The van der Waals surface area contributed by atoms with Crippen molar-refractivity contribution in [2.45, 2.75) is 26.8 Å². The highest BCUT2D eigenvalue weighted by molar-refractivity contribution is 7.22. The summed E-state index contributed by atoms with van der Waals surface area (Å²) < 4.78 is 14.3. The zero-order valence-corrected chi connectivity index (χ0v) is 15.7. The maximum atomic E-state index is 13.5. The van der Waals surface area contributed by atoms with E-state index in [0.717, 1.165) is 51.8 Å². The molecule has 2 aromatic heterocycles. The molecule has 0 fully saturated rings. The van der Waals surface area contributed by atoms with Crippen LogP contribution < -0.4 is 5.32 Å². The number of carbonyl (C=O) groups excluding carboxylic acids is 1. The van der Waals surface area contributed by atoms with Crippen LogP contribution in [0.3, 0.4) is 0 Å². The lowest BCUT2D eigenvalue weighted by Crippen LogP contribution is -2.29. The van der Waals surface area contributed by atoms with E-state index >= 15 is 0 Å². The summed E-state index contributed by atoms with van der Waals surface area (Å²) in [5.41, 5.74) is 3.09. The van der Waals surface area contributed by atoms with Gasteiger partial charge in [0.15, 0.2) is 0 Å². The number of benzene rings is 1. The van der Waals surface area contributed by atoms with Gasteiger partial charge in [0.05, 0.1) is 10.2 Å². The summed E-state index contributed by atoms with van der Waals surface area (Å²) in [6, 6.07) is 4.66. The van der Waals surface area contributed by atoms with E-state index in [1.165, 1.54) is 40.8 Å². The van der Waals surface area contributed by atoms with Gasteiger partial charge in [-0.1, -0.05) is 6.92 Å². The number of carbonyl (C=O) groups is 1. The number of halogens is 1. The van der Waals surface area contributed by atoms with E-state index in [9.17, 15) is 9.18 Å². The molecule has 25 heavy (non-hydrogen) atoms. The van der Waals surface area contributed by atoms with E-state index in [-0.39, 0.29) is 11.7 Å². The van der Waals surface area contributed by atoms with Crippen molar-refractivity contribution in [3.63, 3.8) is 0 Å². The molecule has 0 unspecified atom stereocenters. The molecule has 1 amide bonds. The fourth-order valence-electron chi connectivity index (χ4n) is 3.21. The van der Waals surface area contributed by atoms with Gasteiger partial charge in [-0.2, -0.15) is 0 Å². The quantitative estimate of drug-likeness (QED) is 0.733. The smallest absolute Gasteiger partial charge is 0.221 e. The van der Waals surface area contributed by atoms with Crippen LogP contribution >= 0.6 is 22.7 Å². The van der Waals surface area contributed by atoms with E-state index in [1.807, 2.05) is 0 Å². The van der Waals surface area contributed by atoms with Crippen molar-refractivity contribution in [2.24, 2.45) is 0 Å². The first-order chi connectivity index (χ1) is 12.0. The molecule has 7 heteroatoms. The van der Waals surface area contributed by atoms with Gasteiger partial charge in [-0.25, -0.2) is 9.37 Å². The molecule has 0 radical (unpaired) electrons. The summed E-state index contributed by atoms with van der Waals surface area (Å²) >= 11 is 3.12. The van der Waals surface area contributed by atoms with E-state index < -0.39 is 0 Å². The molecular weight excluding hydrogens is 357 g/mol. The first kappa shape index (κ1) is 16.6. The van der Waals surface area contributed by atoms with Gasteiger partial charge in [-0.3, -0.25) is 9.69 Å². The minimum absolute atomic E-state index is 0.0839. The van der Waals surface area contributed by atoms with Crippen molar-refractivity contribution >= 4 is 43.8 Å². The molecule has 1 aliphatic rings. The minimum Gasteiger partial charge on any atom is -0.317 e. The number of aromatic nitrogens is 1. The standard InChI is InChI=1S/C18H18FN3OS2/c1-3-22-7-6-12-15(9-22)25-17(20-10(2)23)16(12)18-21-13-5-4-11(19)8-14(13)24-18/h4-5,8H,3,6-7,9H2,1-2H3,(H,20,23). The minimum atomic E-state index is -0.254. The van der Waals surface area contributed by atoms with Crippen LogP contribution in [-0.2, 0) is 17.8 Å². The molecule has 0 saturated heterocycles. The number of hydrogen-bond acceptors (Lipinski definition) is 5. The Morgan fingerprint density at radius 3 is 3.00 bits per heavy atom. The van der Waals surface area contributed by atoms with Crippen molar-refractivity contribution in [3.05, 3.63) is 34.5 Å². The predicted octanol–water partition coefficient (Wildman–Crippen LogP) is 4.50. The Hall–Kier alpha value is -1.83. The first-order valence-electron chi connectivity index (χ1n) is 8.26. The van der Waals surface area contributed by atoms with Gasteiger partial charge in [-0.05, 0) is 36.7 Å². The molecular formula is C18H18FN3OS2. The molecule has 0 saturated carbocycles. The lowest BCUT2D eigenvalue weighted by atomic mass is 10.0. The summed E-state index contributed by atoms with van der Waals surface area (Å²) in [7, 11) is 0. The maximum absolute atomic E-state index is 13.5. The van der Waals surface area contributed by atoms with Crippen LogP contribution in [0.25, 0.3) is 20.8 Å². The topological polar surface area (TPSA) is 45.2 Å². The second-order valence-corrected chi connectivity index (χ2v) is 8.27. The number of hydrogen-bond donors (Lipinski definition) is 1. The largest absolute Gasteiger partial charge is 0.317 e. The highest BCUT2D eigenvalue weighted by Gasteiger charge is 2.26. The Morgan fingerprint density at radius 1 is 1.40 bits per heavy atom. The number of rotatable bonds is 3. The number of amides is 1. The van der Waals surface area contributed by atoms with Crippen molar-refractivity contribution in [1.82, 2.24) is 9.88 Å². The Kier molecular flexibility index (Phi) is 4.31. The van der Waals surface area contributed by atoms with Gasteiger partial charge in [0.2, 0.25) is 5.91 Å². The predicted molar refractivity (Wildman–Crippen MR) is 102 cm³/mol. The summed E-state index contributed by atoms with van der Waals surface area (Å²) in [6.45, 7) is 6.61. The normalized spacial score (nSPS) is 14.7. The second-order valence-electron chi connectivity index (χ2n) is 6.14. The number of anilines is 1. The van der Waals surface area contributed by atoms with Gasteiger partial charge in [0, 0.05) is 30.5 Å². The molecule has 1 aromatic carbocycles. The third-order valence-corrected chi connectivity index (χ3v) is 6.60. The lowest BCUT2D eigenvalue weighted by molar-refractivity contribution is -0.114. The van der Waals surface area contributed by atoms with Crippen LogP contribution in [0, 0.1) is 5.82 Å². The Bertz CT molecular complexity index is 963. The molecule has 0 aliphatic carbocycles. The number of thiophene rings is 1. The summed E-state index contributed by atoms with van der Waals surface area (Å²) in [6.07, 6.45) is 0.943. The molecule has 1 aliphatic heterocycles. The highest BCUT2D eigenvalue weighted by atomic mass is 32.1. The number of nitrogens with zero attached hydrogens (tertiary/aromatic N) is 2. The number of likely N-dealkylation sites (N-methyl/N-ethyl adjacent to an activating group) is 1. The van der Waals surface area contributed by atoms with E-state index in [2.05, 4.69) is 17.1 Å². The molecule has 3 heterocycles.